The Kier molecular flexibility index (Phi) is 5.55. The van der Waals surface area contributed by atoms with Crippen molar-refractivity contribution in [3.05, 3.63) is 76.7 Å². The van der Waals surface area contributed by atoms with Gasteiger partial charge in [-0.1, -0.05) is 35.0 Å². The zero-order chi connectivity index (χ0) is 19.5. The van der Waals surface area contributed by atoms with E-state index >= 15 is 0 Å². The lowest BCUT2D eigenvalue weighted by Gasteiger charge is -2.34. The van der Waals surface area contributed by atoms with Crippen LogP contribution in [-0.4, -0.2) is 41.1 Å². The Labute approximate surface area is 165 Å². The van der Waals surface area contributed by atoms with E-state index in [1.807, 2.05) is 6.92 Å². The van der Waals surface area contributed by atoms with Crippen molar-refractivity contribution in [3.8, 4) is 11.3 Å². The quantitative estimate of drug-likeness (QED) is 0.657. The lowest BCUT2D eigenvalue weighted by atomic mass is 10.1. The maximum Gasteiger partial charge on any atom is 0.170 e. The number of hydrogen-bond donors (Lipinski definition) is 0. The first-order valence-electron chi connectivity index (χ1n) is 9.80. The van der Waals surface area contributed by atoms with Crippen molar-refractivity contribution in [1.29, 1.82) is 0 Å². The molecule has 4 rings (SSSR count). The minimum atomic E-state index is -0.246. The van der Waals surface area contributed by atoms with Gasteiger partial charge in [-0.15, -0.1) is 0 Å². The van der Waals surface area contributed by atoms with Gasteiger partial charge in [-0.05, 0) is 43.7 Å². The number of hydrogen-bond acceptors (Lipinski definition) is 4. The minimum absolute atomic E-state index is 0.246. The van der Waals surface area contributed by atoms with E-state index in [1.54, 1.807) is 12.1 Å². The van der Waals surface area contributed by atoms with Crippen LogP contribution in [0.3, 0.4) is 0 Å². The maximum atomic E-state index is 13.1. The highest BCUT2D eigenvalue weighted by Crippen LogP contribution is 2.26. The summed E-state index contributed by atoms with van der Waals surface area (Å²) in [6, 6.07) is 15.1. The molecular weight excluding hydrogens is 353 g/mol. The summed E-state index contributed by atoms with van der Waals surface area (Å²) in [6.45, 7) is 10.1. The van der Waals surface area contributed by atoms with E-state index in [4.69, 9.17) is 4.52 Å². The third kappa shape index (κ3) is 4.32. The van der Waals surface area contributed by atoms with Gasteiger partial charge in [-0.2, -0.15) is 0 Å². The summed E-state index contributed by atoms with van der Waals surface area (Å²) >= 11 is 0. The Morgan fingerprint density at radius 3 is 2.29 bits per heavy atom. The van der Waals surface area contributed by atoms with Gasteiger partial charge in [0.1, 0.15) is 11.5 Å². The lowest BCUT2D eigenvalue weighted by Crippen LogP contribution is -2.45. The largest absolute Gasteiger partial charge is 0.356 e. The fraction of sp³-hybridized carbons (Fsp3) is 0.348. The fourth-order valence-electron chi connectivity index (χ4n) is 3.77. The van der Waals surface area contributed by atoms with Gasteiger partial charge >= 0.3 is 0 Å². The highest BCUT2D eigenvalue weighted by Gasteiger charge is 2.21. The average molecular weight is 379 g/mol. The van der Waals surface area contributed by atoms with Crippen molar-refractivity contribution in [2.24, 2.45) is 0 Å². The van der Waals surface area contributed by atoms with Crippen LogP contribution in [0.4, 0.5) is 4.39 Å². The van der Waals surface area contributed by atoms with E-state index in [-0.39, 0.29) is 5.82 Å². The minimum Gasteiger partial charge on any atom is -0.356 e. The Morgan fingerprint density at radius 2 is 1.61 bits per heavy atom. The van der Waals surface area contributed by atoms with Gasteiger partial charge in [-0.25, -0.2) is 4.39 Å². The van der Waals surface area contributed by atoms with Crippen LogP contribution >= 0.6 is 0 Å². The summed E-state index contributed by atoms with van der Waals surface area (Å²) in [7, 11) is 0. The van der Waals surface area contributed by atoms with Gasteiger partial charge in [-0.3, -0.25) is 9.80 Å². The molecule has 1 aliphatic rings. The van der Waals surface area contributed by atoms with Crippen molar-refractivity contribution >= 4 is 0 Å². The van der Waals surface area contributed by atoms with Crippen LogP contribution in [0.15, 0.2) is 53.1 Å². The van der Waals surface area contributed by atoms with Crippen molar-refractivity contribution in [2.45, 2.75) is 26.9 Å². The van der Waals surface area contributed by atoms with Gasteiger partial charge in [0.25, 0.3) is 0 Å². The molecule has 0 saturated carbocycles. The van der Waals surface area contributed by atoms with E-state index in [1.165, 1.54) is 23.3 Å². The van der Waals surface area contributed by atoms with E-state index in [2.05, 4.69) is 46.1 Å². The summed E-state index contributed by atoms with van der Waals surface area (Å²) < 4.78 is 18.7. The second-order valence-electron chi connectivity index (χ2n) is 7.63. The van der Waals surface area contributed by atoms with Crippen LogP contribution in [-0.2, 0) is 13.1 Å². The molecule has 0 unspecified atom stereocenters. The number of halogens is 1. The molecule has 1 aromatic heterocycles. The molecule has 1 fully saturated rings. The van der Waals surface area contributed by atoms with E-state index in [0.717, 1.165) is 61.8 Å². The predicted octanol–water partition coefficient (Wildman–Crippen LogP) is 4.42. The highest BCUT2D eigenvalue weighted by atomic mass is 19.1. The van der Waals surface area contributed by atoms with Crippen LogP contribution in [0.1, 0.15) is 22.4 Å². The molecule has 0 atom stereocenters. The topological polar surface area (TPSA) is 32.5 Å². The van der Waals surface area contributed by atoms with Crippen LogP contribution in [0, 0.1) is 19.7 Å². The summed E-state index contributed by atoms with van der Waals surface area (Å²) in [6.07, 6.45) is 0. The molecule has 1 saturated heterocycles. The molecule has 146 valence electrons. The molecule has 28 heavy (non-hydrogen) atoms. The molecule has 2 aromatic carbocycles. The number of piperazine rings is 1. The van der Waals surface area contributed by atoms with E-state index in [0.29, 0.717) is 0 Å². The Balaban J connectivity index is 1.34. The van der Waals surface area contributed by atoms with Crippen molar-refractivity contribution in [3.63, 3.8) is 0 Å². The van der Waals surface area contributed by atoms with Gasteiger partial charge in [0.15, 0.2) is 5.76 Å². The number of aryl methyl sites for hydroxylation is 1. The molecule has 3 aromatic rings. The summed E-state index contributed by atoms with van der Waals surface area (Å²) in [5, 5.41) is 4.28. The number of benzene rings is 2. The first-order chi connectivity index (χ1) is 13.6. The number of aromatic nitrogens is 1. The van der Waals surface area contributed by atoms with Crippen LogP contribution < -0.4 is 0 Å². The molecule has 0 bridgehead atoms. The zero-order valence-corrected chi connectivity index (χ0v) is 16.5. The summed E-state index contributed by atoms with van der Waals surface area (Å²) in [5.74, 6) is 0.484. The molecule has 0 N–H and O–H groups in total. The second-order valence-corrected chi connectivity index (χ2v) is 7.63. The first-order valence-corrected chi connectivity index (χ1v) is 9.80. The maximum absolute atomic E-state index is 13.1. The molecule has 0 radical (unpaired) electrons. The van der Waals surface area contributed by atoms with Gasteiger partial charge in [0.2, 0.25) is 0 Å². The smallest absolute Gasteiger partial charge is 0.170 e. The van der Waals surface area contributed by atoms with Crippen LogP contribution in [0.2, 0.25) is 0 Å². The zero-order valence-electron chi connectivity index (χ0n) is 16.5. The SMILES string of the molecule is Cc1cccc(CN2CCN(Cc3noc(-c4ccc(F)cc4)c3C)CC2)c1. The van der Waals surface area contributed by atoms with Crippen molar-refractivity contribution < 1.29 is 8.91 Å². The molecule has 4 nitrogen and oxygen atoms in total. The molecule has 0 aliphatic carbocycles. The Hall–Kier alpha value is -2.50. The monoisotopic (exact) mass is 379 g/mol. The third-order valence-corrected chi connectivity index (χ3v) is 5.45. The van der Waals surface area contributed by atoms with Gasteiger partial charge in [0, 0.05) is 50.4 Å². The Morgan fingerprint density at radius 1 is 0.929 bits per heavy atom. The molecule has 5 heteroatoms. The van der Waals surface area contributed by atoms with Crippen molar-refractivity contribution in [2.75, 3.05) is 26.2 Å². The molecule has 2 heterocycles. The summed E-state index contributed by atoms with van der Waals surface area (Å²) in [4.78, 5) is 4.93. The van der Waals surface area contributed by atoms with Gasteiger partial charge in [0.05, 0.1) is 0 Å². The van der Waals surface area contributed by atoms with Gasteiger partial charge < -0.3 is 4.52 Å². The molecule has 0 spiro atoms. The predicted molar refractivity (Wildman–Crippen MR) is 108 cm³/mol. The average Bonchev–Trinajstić information content (AvgIpc) is 3.04. The normalized spacial score (nSPS) is 15.8. The number of nitrogens with zero attached hydrogens (tertiary/aromatic N) is 3. The third-order valence-electron chi connectivity index (χ3n) is 5.45. The second kappa shape index (κ2) is 8.25. The highest BCUT2D eigenvalue weighted by molar-refractivity contribution is 5.61. The lowest BCUT2D eigenvalue weighted by molar-refractivity contribution is 0.120. The molecule has 0 amide bonds. The summed E-state index contributed by atoms with van der Waals surface area (Å²) in [5.41, 5.74) is 5.56. The first kappa shape index (κ1) is 18.8. The van der Waals surface area contributed by atoms with E-state index < -0.39 is 0 Å². The van der Waals surface area contributed by atoms with Crippen LogP contribution in [0.5, 0.6) is 0 Å². The Bertz CT molecular complexity index is 927. The molecule has 1 aliphatic heterocycles. The number of rotatable bonds is 5. The van der Waals surface area contributed by atoms with Crippen molar-refractivity contribution in [1.82, 2.24) is 15.0 Å². The molecular formula is C23H26FN3O. The van der Waals surface area contributed by atoms with E-state index in [9.17, 15) is 4.39 Å². The fourth-order valence-corrected chi connectivity index (χ4v) is 3.77. The standard InChI is InChI=1S/C23H26FN3O/c1-17-4-3-5-19(14-17)15-26-10-12-27(13-11-26)16-22-18(2)23(28-25-22)20-6-8-21(24)9-7-20/h3-9,14H,10-13,15-16H2,1-2H3. The van der Waals surface area contributed by atoms with Crippen LogP contribution in [0.25, 0.3) is 11.3 Å².